The largest absolute Gasteiger partial charge is 0.508 e. The van der Waals surface area contributed by atoms with Crippen molar-refractivity contribution < 1.29 is 13.5 Å². The van der Waals surface area contributed by atoms with Gasteiger partial charge in [-0.2, -0.15) is 4.31 Å². The zero-order valence-corrected chi connectivity index (χ0v) is 13.6. The van der Waals surface area contributed by atoms with Gasteiger partial charge in [0.25, 0.3) is 0 Å². The van der Waals surface area contributed by atoms with Crippen molar-refractivity contribution in [2.75, 3.05) is 6.54 Å². The Morgan fingerprint density at radius 2 is 1.90 bits per heavy atom. The van der Waals surface area contributed by atoms with Crippen LogP contribution in [-0.2, 0) is 23.0 Å². The van der Waals surface area contributed by atoms with Gasteiger partial charge in [0, 0.05) is 17.6 Å². The monoisotopic (exact) mass is 367 g/mol. The summed E-state index contributed by atoms with van der Waals surface area (Å²) in [7, 11) is -3.52. The summed E-state index contributed by atoms with van der Waals surface area (Å²) in [6.45, 7) is 0.741. The third-order valence-corrected chi connectivity index (χ3v) is 5.94. The molecular weight excluding hydrogens is 354 g/mol. The lowest BCUT2D eigenvalue weighted by molar-refractivity contribution is 0.389. The first-order chi connectivity index (χ1) is 9.96. The molecule has 0 fully saturated rings. The molecule has 21 heavy (non-hydrogen) atoms. The van der Waals surface area contributed by atoms with Gasteiger partial charge in [-0.05, 0) is 47.9 Å². The van der Waals surface area contributed by atoms with E-state index < -0.39 is 10.0 Å². The number of rotatable bonds is 2. The summed E-state index contributed by atoms with van der Waals surface area (Å²) >= 11 is 3.30. The summed E-state index contributed by atoms with van der Waals surface area (Å²) in [5.41, 5.74) is 1.95. The van der Waals surface area contributed by atoms with Crippen molar-refractivity contribution in [3.63, 3.8) is 0 Å². The number of phenolic OH excluding ortho intramolecular Hbond substituents is 1. The Hall–Kier alpha value is -1.37. The third-order valence-electron chi connectivity index (χ3n) is 3.60. The fourth-order valence-corrected chi connectivity index (χ4v) is 4.52. The molecule has 0 unspecified atom stereocenters. The second kappa shape index (κ2) is 5.44. The molecule has 1 heterocycles. The molecule has 0 radical (unpaired) electrons. The molecule has 0 bridgehead atoms. The van der Waals surface area contributed by atoms with Crippen LogP contribution in [0, 0.1) is 0 Å². The van der Waals surface area contributed by atoms with Crippen molar-refractivity contribution >= 4 is 26.0 Å². The van der Waals surface area contributed by atoms with E-state index in [0.717, 1.165) is 15.6 Å². The molecule has 0 atom stereocenters. The summed E-state index contributed by atoms with van der Waals surface area (Å²) in [5, 5.41) is 9.56. The van der Waals surface area contributed by atoms with E-state index in [0.29, 0.717) is 19.5 Å². The Morgan fingerprint density at radius 3 is 2.67 bits per heavy atom. The molecule has 4 nitrogen and oxygen atoms in total. The number of benzene rings is 2. The van der Waals surface area contributed by atoms with Crippen LogP contribution in [-0.4, -0.2) is 24.4 Å². The van der Waals surface area contributed by atoms with E-state index in [1.807, 2.05) is 6.07 Å². The molecule has 0 saturated heterocycles. The second-order valence-electron chi connectivity index (χ2n) is 5.00. The maximum absolute atomic E-state index is 12.7. The van der Waals surface area contributed by atoms with Gasteiger partial charge in [0.15, 0.2) is 0 Å². The molecule has 2 aromatic carbocycles. The minimum atomic E-state index is -3.52. The van der Waals surface area contributed by atoms with Crippen molar-refractivity contribution in [3.05, 3.63) is 58.1 Å². The molecular formula is C15H14BrNO3S. The van der Waals surface area contributed by atoms with Crippen LogP contribution in [0.5, 0.6) is 5.75 Å². The van der Waals surface area contributed by atoms with E-state index in [9.17, 15) is 13.5 Å². The van der Waals surface area contributed by atoms with E-state index in [1.54, 1.807) is 36.4 Å². The van der Waals surface area contributed by atoms with Crippen LogP contribution >= 0.6 is 15.9 Å². The van der Waals surface area contributed by atoms with Crippen molar-refractivity contribution in [1.82, 2.24) is 4.31 Å². The Morgan fingerprint density at radius 1 is 1.10 bits per heavy atom. The van der Waals surface area contributed by atoms with Gasteiger partial charge in [-0.15, -0.1) is 0 Å². The molecule has 1 aliphatic rings. The number of fused-ring (bicyclic) bond motifs is 1. The highest BCUT2D eigenvalue weighted by Gasteiger charge is 2.28. The maximum atomic E-state index is 12.7. The van der Waals surface area contributed by atoms with Crippen LogP contribution in [0.25, 0.3) is 0 Å². The van der Waals surface area contributed by atoms with Crippen molar-refractivity contribution in [2.24, 2.45) is 0 Å². The minimum absolute atomic E-state index is 0.162. The lowest BCUT2D eigenvalue weighted by Gasteiger charge is -2.28. The normalized spacial score (nSPS) is 15.7. The van der Waals surface area contributed by atoms with Gasteiger partial charge in [0.2, 0.25) is 10.0 Å². The maximum Gasteiger partial charge on any atom is 0.243 e. The molecule has 110 valence electrons. The zero-order valence-electron chi connectivity index (χ0n) is 11.2. The first kappa shape index (κ1) is 14.6. The number of sulfonamides is 1. The Balaban J connectivity index is 1.95. The van der Waals surface area contributed by atoms with Crippen molar-refractivity contribution in [3.8, 4) is 5.75 Å². The highest BCUT2D eigenvalue weighted by molar-refractivity contribution is 9.10. The first-order valence-electron chi connectivity index (χ1n) is 6.53. The molecule has 6 heteroatoms. The zero-order chi connectivity index (χ0) is 15.0. The van der Waals surface area contributed by atoms with Crippen LogP contribution in [0.3, 0.4) is 0 Å². The molecule has 0 amide bonds. The van der Waals surface area contributed by atoms with Gasteiger partial charge >= 0.3 is 0 Å². The van der Waals surface area contributed by atoms with Crippen molar-refractivity contribution in [2.45, 2.75) is 17.9 Å². The summed E-state index contributed by atoms with van der Waals surface area (Å²) in [4.78, 5) is 0.278. The Labute approximate surface area is 132 Å². The SMILES string of the molecule is O=S(=O)(c1cccc(Br)c1)N1CCc2ccc(O)cc2C1. The van der Waals surface area contributed by atoms with Gasteiger partial charge in [0.1, 0.15) is 5.75 Å². The highest BCUT2D eigenvalue weighted by atomic mass is 79.9. The van der Waals surface area contributed by atoms with Gasteiger partial charge in [-0.25, -0.2) is 8.42 Å². The summed E-state index contributed by atoms with van der Waals surface area (Å²) < 4.78 is 27.5. The standard InChI is InChI=1S/C15H14BrNO3S/c16-13-2-1-3-15(9-13)21(19,20)17-7-6-11-4-5-14(18)8-12(11)10-17/h1-5,8-9,18H,6-7,10H2. The van der Waals surface area contributed by atoms with Crippen molar-refractivity contribution in [1.29, 1.82) is 0 Å². The molecule has 3 rings (SSSR count). The van der Waals surface area contributed by atoms with Gasteiger partial charge in [-0.3, -0.25) is 0 Å². The van der Waals surface area contributed by atoms with Crippen LogP contribution < -0.4 is 0 Å². The molecule has 1 aliphatic heterocycles. The van der Waals surface area contributed by atoms with E-state index in [4.69, 9.17) is 0 Å². The van der Waals surface area contributed by atoms with Crippen LogP contribution in [0.2, 0.25) is 0 Å². The number of hydrogen-bond donors (Lipinski definition) is 1. The van der Waals surface area contributed by atoms with Crippen LogP contribution in [0.4, 0.5) is 0 Å². The number of phenols is 1. The fraction of sp³-hybridized carbons (Fsp3) is 0.200. The molecule has 1 N–H and O–H groups in total. The molecule has 0 aromatic heterocycles. The number of hydrogen-bond acceptors (Lipinski definition) is 3. The average molecular weight is 368 g/mol. The van der Waals surface area contributed by atoms with Gasteiger partial charge in [-0.1, -0.05) is 28.1 Å². The molecule has 0 aliphatic carbocycles. The number of aromatic hydroxyl groups is 1. The third kappa shape index (κ3) is 2.84. The number of nitrogens with zero attached hydrogens (tertiary/aromatic N) is 1. The topological polar surface area (TPSA) is 57.6 Å². The Bertz CT molecular complexity index is 789. The van der Waals surface area contributed by atoms with Gasteiger partial charge in [0.05, 0.1) is 4.90 Å². The quantitative estimate of drug-likeness (QED) is 0.887. The van der Waals surface area contributed by atoms with Crippen LogP contribution in [0.15, 0.2) is 51.8 Å². The minimum Gasteiger partial charge on any atom is -0.508 e. The Kier molecular flexibility index (Phi) is 3.77. The van der Waals surface area contributed by atoms with Gasteiger partial charge < -0.3 is 5.11 Å². The van der Waals surface area contributed by atoms with E-state index in [2.05, 4.69) is 15.9 Å². The van der Waals surface area contributed by atoms with E-state index in [-0.39, 0.29) is 10.6 Å². The number of halogens is 1. The summed E-state index contributed by atoms with van der Waals surface area (Å²) in [5.74, 6) is 0.162. The van der Waals surface area contributed by atoms with E-state index >= 15 is 0 Å². The summed E-state index contributed by atoms with van der Waals surface area (Å²) in [6, 6.07) is 11.8. The highest BCUT2D eigenvalue weighted by Crippen LogP contribution is 2.28. The summed E-state index contributed by atoms with van der Waals surface area (Å²) in [6.07, 6.45) is 0.656. The van der Waals surface area contributed by atoms with Crippen LogP contribution in [0.1, 0.15) is 11.1 Å². The lowest BCUT2D eigenvalue weighted by Crippen LogP contribution is -2.35. The first-order valence-corrected chi connectivity index (χ1v) is 8.76. The second-order valence-corrected chi connectivity index (χ2v) is 7.85. The fourth-order valence-electron chi connectivity index (χ4n) is 2.50. The lowest BCUT2D eigenvalue weighted by atomic mass is 10.0. The average Bonchev–Trinajstić information content (AvgIpc) is 2.46. The smallest absolute Gasteiger partial charge is 0.243 e. The van der Waals surface area contributed by atoms with E-state index in [1.165, 1.54) is 4.31 Å². The molecule has 2 aromatic rings. The molecule has 0 spiro atoms. The predicted octanol–water partition coefficient (Wildman–Crippen LogP) is 2.90. The predicted molar refractivity (Wildman–Crippen MR) is 83.5 cm³/mol. The molecule has 0 saturated carbocycles.